The molecule has 0 unspecified atom stereocenters. The van der Waals surface area contributed by atoms with Crippen LogP contribution in [-0.4, -0.2) is 47.1 Å². The highest BCUT2D eigenvalue weighted by Crippen LogP contribution is 2.47. The summed E-state index contributed by atoms with van der Waals surface area (Å²) < 4.78 is 27.5. The van der Waals surface area contributed by atoms with Crippen LogP contribution in [0.25, 0.3) is 0 Å². The van der Waals surface area contributed by atoms with Crippen molar-refractivity contribution in [1.29, 1.82) is 5.26 Å². The first-order valence-electron chi connectivity index (χ1n) is 10.1. The fourth-order valence-electron chi connectivity index (χ4n) is 5.10. The molecule has 0 saturated carbocycles. The average Bonchev–Trinajstić information content (AvgIpc) is 3.26. The molecule has 0 radical (unpaired) electrons. The Morgan fingerprint density at radius 1 is 1.10 bits per heavy atom. The zero-order chi connectivity index (χ0) is 20.9. The van der Waals surface area contributed by atoms with Crippen LogP contribution >= 0.6 is 0 Å². The second kappa shape index (κ2) is 7.03. The van der Waals surface area contributed by atoms with E-state index in [-0.39, 0.29) is 11.9 Å². The van der Waals surface area contributed by atoms with E-state index in [4.69, 9.17) is 5.26 Å². The quantitative estimate of drug-likeness (QED) is 0.763. The molecule has 8 heteroatoms. The maximum absolute atomic E-state index is 13.7. The number of amides is 1. The van der Waals surface area contributed by atoms with Crippen molar-refractivity contribution in [3.63, 3.8) is 0 Å². The monoisotopic (exact) mass is 409 g/mol. The number of benzene rings is 1. The molecule has 0 aliphatic carbocycles. The standard InChI is InChI=1S/C22H21F2N5O/c23-16-9-15(10-17(24)11-16)20-2-6-28-14-22(21(30)29(20)28)3-7-27(8-4-22)19-1-5-26-18(12-19)13-25/h1,5,9-12,20H,2-4,6-8,14H2/t20-/m0/s1. The maximum atomic E-state index is 13.7. The number of piperidine rings is 1. The van der Waals surface area contributed by atoms with Gasteiger partial charge in [-0.2, -0.15) is 5.26 Å². The minimum absolute atomic E-state index is 0.0572. The number of rotatable bonds is 2. The molecule has 3 aliphatic rings. The van der Waals surface area contributed by atoms with E-state index in [1.54, 1.807) is 17.3 Å². The Hall–Kier alpha value is -3.05. The highest BCUT2D eigenvalue weighted by molar-refractivity contribution is 5.85. The van der Waals surface area contributed by atoms with Gasteiger partial charge in [0.1, 0.15) is 23.4 Å². The van der Waals surface area contributed by atoms with Crippen molar-refractivity contribution in [3.05, 3.63) is 59.4 Å². The maximum Gasteiger partial charge on any atom is 0.245 e. The van der Waals surface area contributed by atoms with Gasteiger partial charge in [-0.25, -0.2) is 18.8 Å². The summed E-state index contributed by atoms with van der Waals surface area (Å²) >= 11 is 0. The van der Waals surface area contributed by atoms with Crippen molar-refractivity contribution in [3.8, 4) is 6.07 Å². The molecule has 4 heterocycles. The van der Waals surface area contributed by atoms with Crippen LogP contribution in [0.5, 0.6) is 0 Å². The van der Waals surface area contributed by atoms with Gasteiger partial charge in [-0.3, -0.25) is 9.80 Å². The van der Waals surface area contributed by atoms with Crippen molar-refractivity contribution in [2.24, 2.45) is 5.41 Å². The van der Waals surface area contributed by atoms with E-state index in [0.717, 1.165) is 11.8 Å². The average molecular weight is 409 g/mol. The van der Waals surface area contributed by atoms with Gasteiger partial charge in [0.25, 0.3) is 0 Å². The molecular weight excluding hydrogens is 388 g/mol. The Kier molecular flexibility index (Phi) is 4.44. The van der Waals surface area contributed by atoms with Gasteiger partial charge >= 0.3 is 0 Å². The number of hydrogen-bond donors (Lipinski definition) is 0. The lowest BCUT2D eigenvalue weighted by Gasteiger charge is -2.39. The summed E-state index contributed by atoms with van der Waals surface area (Å²) in [5.41, 5.74) is 1.36. The number of halogens is 2. The van der Waals surface area contributed by atoms with Gasteiger partial charge in [0.05, 0.1) is 11.5 Å². The molecule has 3 aliphatic heterocycles. The number of nitriles is 1. The molecule has 1 aromatic carbocycles. The molecule has 0 bridgehead atoms. The zero-order valence-corrected chi connectivity index (χ0v) is 16.4. The summed E-state index contributed by atoms with van der Waals surface area (Å²) in [6.07, 6.45) is 3.70. The van der Waals surface area contributed by atoms with E-state index in [9.17, 15) is 13.6 Å². The van der Waals surface area contributed by atoms with Crippen molar-refractivity contribution < 1.29 is 13.6 Å². The highest BCUT2D eigenvalue weighted by atomic mass is 19.1. The van der Waals surface area contributed by atoms with Gasteiger partial charge in [0, 0.05) is 44.1 Å². The molecule has 0 N–H and O–H groups in total. The number of aromatic nitrogens is 1. The zero-order valence-electron chi connectivity index (χ0n) is 16.4. The number of nitrogens with zero attached hydrogens (tertiary/aromatic N) is 5. The SMILES string of the molecule is N#Cc1cc(N2CCC3(CC2)CN2CC[C@@H](c4cc(F)cc(F)c4)N2C3=O)ccn1. The van der Waals surface area contributed by atoms with Gasteiger partial charge in [0.15, 0.2) is 0 Å². The highest BCUT2D eigenvalue weighted by Gasteiger charge is 2.56. The van der Waals surface area contributed by atoms with Gasteiger partial charge in [-0.1, -0.05) is 0 Å². The molecule has 5 rings (SSSR count). The third-order valence-corrected chi connectivity index (χ3v) is 6.62. The van der Waals surface area contributed by atoms with E-state index < -0.39 is 17.0 Å². The van der Waals surface area contributed by atoms with Crippen molar-refractivity contribution in [2.45, 2.75) is 25.3 Å². The molecule has 1 aromatic heterocycles. The first-order chi connectivity index (χ1) is 14.5. The topological polar surface area (TPSA) is 63.5 Å². The van der Waals surface area contributed by atoms with Gasteiger partial charge in [-0.05, 0) is 49.1 Å². The minimum atomic E-state index is -0.618. The van der Waals surface area contributed by atoms with Crippen molar-refractivity contribution in [1.82, 2.24) is 15.0 Å². The Morgan fingerprint density at radius 3 is 2.53 bits per heavy atom. The fourth-order valence-corrected chi connectivity index (χ4v) is 5.10. The fraction of sp³-hybridized carbons (Fsp3) is 0.409. The second-order valence-corrected chi connectivity index (χ2v) is 8.32. The van der Waals surface area contributed by atoms with Crippen LogP contribution < -0.4 is 4.90 Å². The van der Waals surface area contributed by atoms with E-state index >= 15 is 0 Å². The lowest BCUT2D eigenvalue weighted by Crippen LogP contribution is -2.46. The summed E-state index contributed by atoms with van der Waals surface area (Å²) in [4.78, 5) is 19.7. The Morgan fingerprint density at radius 2 is 1.83 bits per heavy atom. The lowest BCUT2D eigenvalue weighted by atomic mass is 9.77. The molecule has 1 spiro atoms. The van der Waals surface area contributed by atoms with Gasteiger partial charge < -0.3 is 4.90 Å². The molecule has 3 fully saturated rings. The van der Waals surface area contributed by atoms with Crippen LogP contribution in [0.15, 0.2) is 36.5 Å². The van der Waals surface area contributed by atoms with Crippen LogP contribution in [0, 0.1) is 28.4 Å². The first-order valence-corrected chi connectivity index (χ1v) is 10.1. The largest absolute Gasteiger partial charge is 0.371 e. The molecule has 154 valence electrons. The van der Waals surface area contributed by atoms with E-state index in [2.05, 4.69) is 16.0 Å². The Balaban J connectivity index is 1.34. The summed E-state index contributed by atoms with van der Waals surface area (Å²) in [6.45, 7) is 2.77. The van der Waals surface area contributed by atoms with Crippen LogP contribution in [-0.2, 0) is 4.79 Å². The molecule has 30 heavy (non-hydrogen) atoms. The van der Waals surface area contributed by atoms with Crippen LogP contribution in [0.1, 0.15) is 36.6 Å². The van der Waals surface area contributed by atoms with E-state index in [1.165, 1.54) is 12.1 Å². The third kappa shape index (κ3) is 3.01. The normalized spacial score (nSPS) is 23.1. The first kappa shape index (κ1) is 18.9. The minimum Gasteiger partial charge on any atom is -0.371 e. The molecule has 1 atom stereocenters. The summed E-state index contributed by atoms with van der Waals surface area (Å²) in [5, 5.41) is 12.9. The molecule has 3 saturated heterocycles. The summed E-state index contributed by atoms with van der Waals surface area (Å²) in [7, 11) is 0. The number of carbonyl (C=O) groups excluding carboxylic acids is 1. The predicted molar refractivity (Wildman–Crippen MR) is 105 cm³/mol. The number of fused-ring (bicyclic) bond motifs is 1. The van der Waals surface area contributed by atoms with Crippen LogP contribution in [0.4, 0.5) is 14.5 Å². The third-order valence-electron chi connectivity index (χ3n) is 6.62. The lowest BCUT2D eigenvalue weighted by molar-refractivity contribution is -0.143. The number of pyridine rings is 1. The van der Waals surface area contributed by atoms with Crippen LogP contribution in [0.3, 0.4) is 0 Å². The van der Waals surface area contributed by atoms with Crippen molar-refractivity contribution in [2.75, 3.05) is 31.1 Å². The summed E-state index contributed by atoms with van der Waals surface area (Å²) in [6, 6.07) is 8.90. The van der Waals surface area contributed by atoms with E-state index in [0.29, 0.717) is 56.7 Å². The molecule has 6 nitrogen and oxygen atoms in total. The second-order valence-electron chi connectivity index (χ2n) is 8.32. The number of hydrazine groups is 1. The smallest absolute Gasteiger partial charge is 0.245 e. The molecule has 2 aromatic rings. The van der Waals surface area contributed by atoms with Crippen molar-refractivity contribution >= 4 is 11.6 Å². The van der Waals surface area contributed by atoms with Gasteiger partial charge in [0.2, 0.25) is 5.91 Å². The molecular formula is C22H21F2N5O. The predicted octanol–water partition coefficient (Wildman–Crippen LogP) is 3.02. The van der Waals surface area contributed by atoms with Gasteiger partial charge in [-0.15, -0.1) is 0 Å². The Labute approximate surface area is 173 Å². The Bertz CT molecular complexity index is 1020. The van der Waals surface area contributed by atoms with Crippen LogP contribution in [0.2, 0.25) is 0 Å². The number of hydrogen-bond acceptors (Lipinski definition) is 5. The summed E-state index contributed by atoms with van der Waals surface area (Å²) in [5.74, 6) is -1.18. The number of carbonyl (C=O) groups is 1. The number of anilines is 1. The molecule has 1 amide bonds. The van der Waals surface area contributed by atoms with E-state index in [1.807, 2.05) is 11.1 Å².